The molecule has 2 N–H and O–H groups in total. The molecular weight excluding hydrogens is 258 g/mol. The van der Waals surface area contributed by atoms with Crippen molar-refractivity contribution in [1.29, 1.82) is 0 Å². The highest BCUT2D eigenvalue weighted by Crippen LogP contribution is 2.13. The van der Waals surface area contributed by atoms with E-state index in [0.29, 0.717) is 25.4 Å². The first-order chi connectivity index (χ1) is 9.66. The molecule has 0 saturated carbocycles. The van der Waals surface area contributed by atoms with Gasteiger partial charge < -0.3 is 14.8 Å². The number of aromatic amines is 1. The number of rotatable bonds is 5. The van der Waals surface area contributed by atoms with Gasteiger partial charge in [-0.3, -0.25) is 9.89 Å². The molecule has 1 fully saturated rings. The zero-order chi connectivity index (χ0) is 14.4. The van der Waals surface area contributed by atoms with Crippen molar-refractivity contribution in [1.82, 2.24) is 15.5 Å². The molecule has 1 aliphatic heterocycles. The van der Waals surface area contributed by atoms with E-state index in [1.807, 2.05) is 19.9 Å². The van der Waals surface area contributed by atoms with E-state index in [2.05, 4.69) is 15.5 Å². The number of amides is 1. The predicted octanol–water partition coefficient (Wildman–Crippen LogP) is 1.28. The van der Waals surface area contributed by atoms with Gasteiger partial charge in [-0.2, -0.15) is 5.10 Å². The number of aromatic nitrogens is 2. The van der Waals surface area contributed by atoms with Crippen molar-refractivity contribution >= 4 is 5.91 Å². The number of allylic oxidation sites excluding steroid dienone is 1. The minimum atomic E-state index is -0.162. The van der Waals surface area contributed by atoms with Crippen LogP contribution in [-0.4, -0.2) is 48.1 Å². The third-order valence-corrected chi connectivity index (χ3v) is 3.17. The second-order valence-electron chi connectivity index (χ2n) is 5.08. The number of nitrogens with one attached hydrogen (secondary N) is 2. The molecule has 6 heteroatoms. The summed E-state index contributed by atoms with van der Waals surface area (Å²) in [7, 11) is 0. The van der Waals surface area contributed by atoms with E-state index in [0.717, 1.165) is 6.42 Å². The molecule has 20 heavy (non-hydrogen) atoms. The zero-order valence-corrected chi connectivity index (χ0v) is 11.9. The van der Waals surface area contributed by atoms with Gasteiger partial charge in [-0.1, -0.05) is 11.6 Å². The molecule has 0 aliphatic carbocycles. The second-order valence-corrected chi connectivity index (χ2v) is 5.08. The Kier molecular flexibility index (Phi) is 5.31. The van der Waals surface area contributed by atoms with E-state index < -0.39 is 0 Å². The smallest absolute Gasteiger partial charge is 0.254 e. The minimum Gasteiger partial charge on any atom is -0.379 e. The van der Waals surface area contributed by atoms with E-state index in [9.17, 15) is 4.79 Å². The Bertz CT molecular complexity index is 452. The van der Waals surface area contributed by atoms with Crippen LogP contribution in [0.5, 0.6) is 0 Å². The molecule has 0 unspecified atom stereocenters. The lowest BCUT2D eigenvalue weighted by molar-refractivity contribution is -0.0457. The summed E-state index contributed by atoms with van der Waals surface area (Å²) in [5.74, 6) is -0.162. The van der Waals surface area contributed by atoms with Crippen LogP contribution in [0.3, 0.4) is 0 Å². The molecule has 1 aromatic rings. The van der Waals surface area contributed by atoms with E-state index in [-0.39, 0.29) is 18.1 Å². The number of carbonyl (C=O) groups excluding carboxylic acids is 1. The van der Waals surface area contributed by atoms with Crippen molar-refractivity contribution < 1.29 is 14.3 Å². The van der Waals surface area contributed by atoms with Gasteiger partial charge in [-0.25, -0.2) is 0 Å². The van der Waals surface area contributed by atoms with Gasteiger partial charge in [-0.05, 0) is 20.3 Å². The topological polar surface area (TPSA) is 76.2 Å². The quantitative estimate of drug-likeness (QED) is 0.796. The van der Waals surface area contributed by atoms with Crippen LogP contribution in [0.2, 0.25) is 0 Å². The van der Waals surface area contributed by atoms with Crippen molar-refractivity contribution in [2.24, 2.45) is 0 Å². The molecule has 0 bridgehead atoms. The van der Waals surface area contributed by atoms with Crippen LogP contribution >= 0.6 is 0 Å². The Morgan fingerprint density at radius 3 is 3.20 bits per heavy atom. The highest BCUT2D eigenvalue weighted by molar-refractivity contribution is 5.93. The summed E-state index contributed by atoms with van der Waals surface area (Å²) >= 11 is 0. The summed E-state index contributed by atoms with van der Waals surface area (Å²) < 4.78 is 11.3. The van der Waals surface area contributed by atoms with Crippen LogP contribution in [0.15, 0.2) is 24.0 Å². The molecule has 0 radical (unpaired) electrons. The molecule has 0 aromatic carbocycles. The maximum atomic E-state index is 12.0. The summed E-state index contributed by atoms with van der Waals surface area (Å²) in [6, 6.07) is -0.128. The fraction of sp³-hybridized carbons (Fsp3) is 0.571. The highest BCUT2D eigenvalue weighted by atomic mass is 16.5. The van der Waals surface area contributed by atoms with Crippen LogP contribution in [0.4, 0.5) is 0 Å². The van der Waals surface area contributed by atoms with Crippen LogP contribution < -0.4 is 5.32 Å². The normalized spacial score (nSPS) is 22.3. The van der Waals surface area contributed by atoms with Crippen molar-refractivity contribution in [3.05, 3.63) is 29.6 Å². The maximum Gasteiger partial charge on any atom is 0.254 e. The number of nitrogens with zero attached hydrogens (tertiary/aromatic N) is 1. The molecule has 6 nitrogen and oxygen atoms in total. The monoisotopic (exact) mass is 279 g/mol. The van der Waals surface area contributed by atoms with Gasteiger partial charge in [0, 0.05) is 12.8 Å². The molecule has 110 valence electrons. The van der Waals surface area contributed by atoms with Crippen molar-refractivity contribution in [3.8, 4) is 0 Å². The lowest BCUT2D eigenvalue weighted by Crippen LogP contribution is -2.50. The number of ether oxygens (including phenoxy) is 2. The SMILES string of the molecule is CC(C)=CCO[C@@H]1CCOC[C@@H]1NC(=O)c1cn[nH]c1. The summed E-state index contributed by atoms with van der Waals surface area (Å²) in [6.45, 7) is 5.77. The second kappa shape index (κ2) is 7.21. The molecule has 2 heterocycles. The zero-order valence-electron chi connectivity index (χ0n) is 11.9. The van der Waals surface area contributed by atoms with Crippen LogP contribution in [0, 0.1) is 0 Å². The van der Waals surface area contributed by atoms with Crippen LogP contribution in [0.1, 0.15) is 30.6 Å². The lowest BCUT2D eigenvalue weighted by atomic mass is 10.1. The molecular formula is C14H21N3O3. The van der Waals surface area contributed by atoms with Gasteiger partial charge in [0.25, 0.3) is 5.91 Å². The Hall–Kier alpha value is -1.66. The predicted molar refractivity (Wildman–Crippen MR) is 74.4 cm³/mol. The molecule has 1 saturated heterocycles. The number of carbonyl (C=O) groups is 1. The third-order valence-electron chi connectivity index (χ3n) is 3.17. The van der Waals surface area contributed by atoms with E-state index in [1.54, 1.807) is 6.20 Å². The summed E-state index contributed by atoms with van der Waals surface area (Å²) in [6.07, 6.45) is 5.86. The number of hydrogen-bond donors (Lipinski definition) is 2. The summed E-state index contributed by atoms with van der Waals surface area (Å²) in [5.41, 5.74) is 1.73. The van der Waals surface area contributed by atoms with Gasteiger partial charge in [0.05, 0.1) is 37.1 Å². The fourth-order valence-corrected chi connectivity index (χ4v) is 2.02. The van der Waals surface area contributed by atoms with Gasteiger partial charge in [0.2, 0.25) is 0 Å². The van der Waals surface area contributed by atoms with Gasteiger partial charge in [0.15, 0.2) is 0 Å². The molecule has 1 aliphatic rings. The van der Waals surface area contributed by atoms with E-state index in [1.165, 1.54) is 11.8 Å². The molecule has 0 spiro atoms. The first-order valence-corrected chi connectivity index (χ1v) is 6.79. The average molecular weight is 279 g/mol. The first-order valence-electron chi connectivity index (χ1n) is 6.79. The van der Waals surface area contributed by atoms with Crippen molar-refractivity contribution in [3.63, 3.8) is 0 Å². The van der Waals surface area contributed by atoms with E-state index >= 15 is 0 Å². The molecule has 1 aromatic heterocycles. The molecule has 2 rings (SSSR count). The molecule has 2 atom stereocenters. The van der Waals surface area contributed by atoms with Gasteiger partial charge in [-0.15, -0.1) is 0 Å². The number of H-pyrrole nitrogens is 1. The largest absolute Gasteiger partial charge is 0.379 e. The highest BCUT2D eigenvalue weighted by Gasteiger charge is 2.28. The Morgan fingerprint density at radius 2 is 2.50 bits per heavy atom. The van der Waals surface area contributed by atoms with Crippen molar-refractivity contribution in [2.45, 2.75) is 32.4 Å². The summed E-state index contributed by atoms with van der Waals surface area (Å²) in [4.78, 5) is 12.0. The number of hydrogen-bond acceptors (Lipinski definition) is 4. The van der Waals surface area contributed by atoms with Gasteiger partial charge in [0.1, 0.15) is 0 Å². The van der Waals surface area contributed by atoms with Crippen molar-refractivity contribution in [2.75, 3.05) is 19.8 Å². The Morgan fingerprint density at radius 1 is 1.65 bits per heavy atom. The Labute approximate surface area is 118 Å². The standard InChI is InChI=1S/C14H21N3O3/c1-10(2)3-6-20-13-4-5-19-9-12(13)17-14(18)11-7-15-16-8-11/h3,7-8,12-13H,4-6,9H2,1-2H3,(H,15,16)(H,17,18)/t12-,13+/m0/s1. The van der Waals surface area contributed by atoms with Crippen LogP contribution in [0.25, 0.3) is 0 Å². The average Bonchev–Trinajstić information content (AvgIpc) is 2.94. The first kappa shape index (κ1) is 14.7. The lowest BCUT2D eigenvalue weighted by Gasteiger charge is -2.31. The van der Waals surface area contributed by atoms with Gasteiger partial charge >= 0.3 is 0 Å². The Balaban J connectivity index is 1.89. The third kappa shape index (κ3) is 4.18. The summed E-state index contributed by atoms with van der Waals surface area (Å²) in [5, 5.41) is 9.33. The molecule has 1 amide bonds. The minimum absolute atomic E-state index is 0.0183. The van der Waals surface area contributed by atoms with Crippen LogP contribution in [-0.2, 0) is 9.47 Å². The van der Waals surface area contributed by atoms with E-state index in [4.69, 9.17) is 9.47 Å². The fourth-order valence-electron chi connectivity index (χ4n) is 2.02. The maximum absolute atomic E-state index is 12.0.